The number of ether oxygens (including phenoxy) is 1. The van der Waals surface area contributed by atoms with Crippen molar-refractivity contribution in [3.05, 3.63) is 28.2 Å². The van der Waals surface area contributed by atoms with E-state index >= 15 is 0 Å². The van der Waals surface area contributed by atoms with Crippen molar-refractivity contribution < 1.29 is 18.3 Å². The lowest BCUT2D eigenvalue weighted by molar-refractivity contribution is 0.0314. The van der Waals surface area contributed by atoms with E-state index in [1.165, 1.54) is 10.4 Å². The Morgan fingerprint density at radius 3 is 2.90 bits per heavy atom. The molecule has 0 aromatic heterocycles. The fourth-order valence-corrected chi connectivity index (χ4v) is 4.89. The summed E-state index contributed by atoms with van der Waals surface area (Å²) in [7, 11) is -3.59. The third-order valence-electron chi connectivity index (χ3n) is 3.41. The second-order valence-corrected chi connectivity index (χ2v) is 7.39. The van der Waals surface area contributed by atoms with Crippen LogP contribution in [0.15, 0.2) is 27.6 Å². The summed E-state index contributed by atoms with van der Waals surface area (Å²) in [5, 5.41) is 9.18. The monoisotopic (exact) mass is 363 g/mol. The Morgan fingerprint density at radius 1 is 1.50 bits per heavy atom. The predicted molar refractivity (Wildman–Crippen MR) is 78.9 cm³/mol. The number of halogens is 1. The van der Waals surface area contributed by atoms with Crippen LogP contribution in [0.2, 0.25) is 0 Å². The first-order valence-electron chi connectivity index (χ1n) is 6.49. The molecule has 0 radical (unpaired) electrons. The van der Waals surface area contributed by atoms with E-state index in [-0.39, 0.29) is 17.5 Å². The van der Waals surface area contributed by atoms with Gasteiger partial charge in [-0.15, -0.1) is 0 Å². The Kier molecular flexibility index (Phi) is 5.19. The van der Waals surface area contributed by atoms with Gasteiger partial charge in [-0.3, -0.25) is 0 Å². The van der Waals surface area contributed by atoms with Gasteiger partial charge in [-0.2, -0.15) is 4.31 Å². The summed E-state index contributed by atoms with van der Waals surface area (Å²) in [6.45, 7) is 2.95. The quantitative estimate of drug-likeness (QED) is 0.884. The van der Waals surface area contributed by atoms with Crippen LogP contribution in [0, 0.1) is 0 Å². The van der Waals surface area contributed by atoms with E-state index < -0.39 is 10.0 Å². The van der Waals surface area contributed by atoms with Crippen molar-refractivity contribution in [2.24, 2.45) is 0 Å². The van der Waals surface area contributed by atoms with Crippen molar-refractivity contribution >= 4 is 26.0 Å². The highest BCUT2D eigenvalue weighted by Crippen LogP contribution is 2.29. The molecular formula is C13H18BrNO4S. The van der Waals surface area contributed by atoms with Crippen LogP contribution in [-0.4, -0.2) is 43.6 Å². The number of hydrogen-bond donors (Lipinski definition) is 1. The molecule has 20 heavy (non-hydrogen) atoms. The molecule has 112 valence electrons. The van der Waals surface area contributed by atoms with Gasteiger partial charge in [0.2, 0.25) is 10.0 Å². The maximum atomic E-state index is 12.8. The normalized spacial score (nSPS) is 21.1. The number of benzene rings is 1. The van der Waals surface area contributed by atoms with Crippen molar-refractivity contribution in [2.75, 3.05) is 19.8 Å². The molecular weight excluding hydrogens is 346 g/mol. The highest BCUT2D eigenvalue weighted by atomic mass is 79.9. The molecule has 7 heteroatoms. The Morgan fingerprint density at radius 2 is 2.25 bits per heavy atom. The summed E-state index contributed by atoms with van der Waals surface area (Å²) < 4.78 is 33.0. The standard InChI is InChI=1S/C13H18BrNO4S/c1-2-11-9-19-6-5-15(11)20(17,18)13-7-10(8-16)3-4-12(13)14/h3-4,7,11,16H,2,5-6,8-9H2,1H3. The maximum absolute atomic E-state index is 12.8. The predicted octanol–water partition coefficient (Wildman–Crippen LogP) is 1.74. The third kappa shape index (κ3) is 3.07. The molecule has 1 atom stereocenters. The van der Waals surface area contributed by atoms with Crippen molar-refractivity contribution in [3.63, 3.8) is 0 Å². The molecule has 1 N–H and O–H groups in total. The number of morpholine rings is 1. The van der Waals surface area contributed by atoms with Gasteiger partial charge in [-0.1, -0.05) is 13.0 Å². The second kappa shape index (κ2) is 6.53. The molecule has 1 saturated heterocycles. The molecule has 1 fully saturated rings. The molecule has 1 aliphatic rings. The van der Waals surface area contributed by atoms with Crippen LogP contribution in [0.4, 0.5) is 0 Å². The third-order valence-corrected chi connectivity index (χ3v) is 6.36. The van der Waals surface area contributed by atoms with E-state index in [9.17, 15) is 13.5 Å². The van der Waals surface area contributed by atoms with E-state index in [0.717, 1.165) is 0 Å². The van der Waals surface area contributed by atoms with Gasteiger partial charge in [-0.05, 0) is 40.0 Å². The first-order valence-corrected chi connectivity index (χ1v) is 8.73. The molecule has 1 unspecified atom stereocenters. The zero-order valence-corrected chi connectivity index (χ0v) is 13.7. The molecule has 0 saturated carbocycles. The summed E-state index contributed by atoms with van der Waals surface area (Å²) in [5.41, 5.74) is 0.577. The Balaban J connectivity index is 2.43. The first kappa shape index (κ1) is 15.9. The topological polar surface area (TPSA) is 66.8 Å². The maximum Gasteiger partial charge on any atom is 0.244 e. The van der Waals surface area contributed by atoms with Gasteiger partial charge in [0.15, 0.2) is 0 Å². The van der Waals surface area contributed by atoms with Crippen LogP contribution in [0.1, 0.15) is 18.9 Å². The number of aliphatic hydroxyl groups is 1. The molecule has 5 nitrogen and oxygen atoms in total. The van der Waals surface area contributed by atoms with Crippen LogP contribution < -0.4 is 0 Å². The van der Waals surface area contributed by atoms with Gasteiger partial charge >= 0.3 is 0 Å². The molecule has 0 amide bonds. The first-order chi connectivity index (χ1) is 9.50. The molecule has 1 aliphatic heterocycles. The van der Waals surface area contributed by atoms with Gasteiger partial charge < -0.3 is 9.84 Å². The van der Waals surface area contributed by atoms with Gasteiger partial charge in [-0.25, -0.2) is 8.42 Å². The zero-order valence-electron chi connectivity index (χ0n) is 11.3. The largest absolute Gasteiger partial charge is 0.392 e. The Bertz CT molecular complexity index is 576. The summed E-state index contributed by atoms with van der Waals surface area (Å²) in [6, 6.07) is 4.72. The average Bonchev–Trinajstić information content (AvgIpc) is 2.47. The van der Waals surface area contributed by atoms with Gasteiger partial charge in [0, 0.05) is 17.1 Å². The summed E-state index contributed by atoms with van der Waals surface area (Å²) in [5.74, 6) is 0. The smallest absolute Gasteiger partial charge is 0.244 e. The van der Waals surface area contributed by atoms with Crippen LogP contribution >= 0.6 is 15.9 Å². The van der Waals surface area contributed by atoms with Crippen LogP contribution in [0.5, 0.6) is 0 Å². The molecule has 1 aromatic carbocycles. The molecule has 0 bridgehead atoms. The number of aliphatic hydroxyl groups excluding tert-OH is 1. The number of hydrogen-bond acceptors (Lipinski definition) is 4. The van der Waals surface area contributed by atoms with Crippen molar-refractivity contribution in [1.29, 1.82) is 0 Å². The average molecular weight is 364 g/mol. The highest BCUT2D eigenvalue weighted by molar-refractivity contribution is 9.10. The summed E-state index contributed by atoms with van der Waals surface area (Å²) in [4.78, 5) is 0.199. The second-order valence-electron chi connectivity index (χ2n) is 4.68. The van der Waals surface area contributed by atoms with Crippen LogP contribution in [0.25, 0.3) is 0 Å². The van der Waals surface area contributed by atoms with Crippen molar-refractivity contribution in [2.45, 2.75) is 30.9 Å². The minimum Gasteiger partial charge on any atom is -0.392 e. The molecule has 0 spiro atoms. The van der Waals surface area contributed by atoms with Crippen molar-refractivity contribution in [3.8, 4) is 0 Å². The van der Waals surface area contributed by atoms with Crippen LogP contribution in [0.3, 0.4) is 0 Å². The highest BCUT2D eigenvalue weighted by Gasteiger charge is 2.34. The fraction of sp³-hybridized carbons (Fsp3) is 0.538. The molecule has 1 aromatic rings. The van der Waals surface area contributed by atoms with E-state index in [0.29, 0.717) is 36.2 Å². The number of sulfonamides is 1. The Labute approximate surface area is 127 Å². The Hall–Kier alpha value is -0.470. The minimum atomic E-state index is -3.59. The lowest BCUT2D eigenvalue weighted by Crippen LogP contribution is -2.48. The van der Waals surface area contributed by atoms with E-state index in [4.69, 9.17) is 4.74 Å². The molecule has 0 aliphatic carbocycles. The fourth-order valence-electron chi connectivity index (χ4n) is 2.25. The number of rotatable bonds is 4. The zero-order chi connectivity index (χ0) is 14.8. The lowest BCUT2D eigenvalue weighted by atomic mass is 10.2. The minimum absolute atomic E-state index is 0.140. The molecule has 2 rings (SSSR count). The van der Waals surface area contributed by atoms with Gasteiger partial charge in [0.05, 0.1) is 24.7 Å². The molecule has 1 heterocycles. The van der Waals surface area contributed by atoms with Crippen LogP contribution in [-0.2, 0) is 21.4 Å². The van der Waals surface area contributed by atoms with Gasteiger partial charge in [0.1, 0.15) is 0 Å². The summed E-state index contributed by atoms with van der Waals surface area (Å²) >= 11 is 3.29. The van der Waals surface area contributed by atoms with E-state index in [2.05, 4.69) is 15.9 Å². The lowest BCUT2D eigenvalue weighted by Gasteiger charge is -2.34. The number of nitrogens with zero attached hydrogens (tertiary/aromatic N) is 1. The van der Waals surface area contributed by atoms with E-state index in [1.54, 1.807) is 12.1 Å². The van der Waals surface area contributed by atoms with Crippen molar-refractivity contribution in [1.82, 2.24) is 4.31 Å². The summed E-state index contributed by atoms with van der Waals surface area (Å²) in [6.07, 6.45) is 0.705. The van der Waals surface area contributed by atoms with E-state index in [1.807, 2.05) is 6.92 Å². The van der Waals surface area contributed by atoms with Gasteiger partial charge in [0.25, 0.3) is 0 Å². The SMILES string of the molecule is CCC1COCCN1S(=O)(=O)c1cc(CO)ccc1Br.